The second-order valence-corrected chi connectivity index (χ2v) is 4.52. The van der Waals surface area contributed by atoms with Crippen LogP contribution in [0.15, 0.2) is 60.8 Å². The fourth-order valence-corrected chi connectivity index (χ4v) is 2.28. The molecule has 0 saturated heterocycles. The van der Waals surface area contributed by atoms with Crippen LogP contribution in [0.1, 0.15) is 11.1 Å². The number of aromatic nitrogens is 1. The quantitative estimate of drug-likeness (QED) is 0.703. The molecule has 0 fully saturated rings. The van der Waals surface area contributed by atoms with Gasteiger partial charge in [0.25, 0.3) is 0 Å². The Kier molecular flexibility index (Phi) is 3.15. The van der Waals surface area contributed by atoms with Gasteiger partial charge in [-0.15, -0.1) is 0 Å². The molecule has 2 nitrogen and oxygen atoms in total. The van der Waals surface area contributed by atoms with Crippen LogP contribution in [0.2, 0.25) is 0 Å². The molecule has 2 aromatic carbocycles. The van der Waals surface area contributed by atoms with Gasteiger partial charge in [-0.3, -0.25) is 4.98 Å². The Hall–Kier alpha value is -2.35. The zero-order chi connectivity index (χ0) is 13.1. The monoisotopic (exact) mass is 249 g/mol. The van der Waals surface area contributed by atoms with Gasteiger partial charge in [0.15, 0.2) is 0 Å². The van der Waals surface area contributed by atoms with E-state index in [1.165, 1.54) is 16.5 Å². The smallest absolute Gasteiger partial charge is 0.121 e. The summed E-state index contributed by atoms with van der Waals surface area (Å²) in [5.74, 6) is 0.844. The van der Waals surface area contributed by atoms with Crippen molar-refractivity contribution in [3.8, 4) is 5.75 Å². The summed E-state index contributed by atoms with van der Waals surface area (Å²) in [6.07, 6.45) is 2.78. The predicted molar refractivity (Wildman–Crippen MR) is 77.5 cm³/mol. The lowest BCUT2D eigenvalue weighted by Gasteiger charge is -2.07. The number of ether oxygens (including phenoxy) is 1. The second kappa shape index (κ2) is 5.11. The molecule has 3 rings (SSSR count). The molecule has 19 heavy (non-hydrogen) atoms. The highest BCUT2D eigenvalue weighted by molar-refractivity contribution is 5.83. The van der Waals surface area contributed by atoms with Gasteiger partial charge in [0.1, 0.15) is 5.75 Å². The zero-order valence-electron chi connectivity index (χ0n) is 10.8. The van der Waals surface area contributed by atoms with Gasteiger partial charge in [-0.25, -0.2) is 0 Å². The van der Waals surface area contributed by atoms with E-state index in [-0.39, 0.29) is 0 Å². The predicted octanol–water partition coefficient (Wildman–Crippen LogP) is 3.83. The van der Waals surface area contributed by atoms with E-state index in [2.05, 4.69) is 41.4 Å². The zero-order valence-corrected chi connectivity index (χ0v) is 10.8. The summed E-state index contributed by atoms with van der Waals surface area (Å²) in [6.45, 7) is 0. The SMILES string of the molecule is COc1ccc2c(Cc3ccccc3)ccnc2c1. The lowest BCUT2D eigenvalue weighted by atomic mass is 10.0. The second-order valence-electron chi connectivity index (χ2n) is 4.52. The molecule has 0 aliphatic carbocycles. The molecule has 94 valence electrons. The van der Waals surface area contributed by atoms with E-state index in [1.807, 2.05) is 24.4 Å². The first kappa shape index (κ1) is 11.7. The number of rotatable bonds is 3. The summed E-state index contributed by atoms with van der Waals surface area (Å²) < 4.78 is 5.24. The Balaban J connectivity index is 2.04. The van der Waals surface area contributed by atoms with Gasteiger partial charge in [-0.2, -0.15) is 0 Å². The number of hydrogen-bond acceptors (Lipinski definition) is 2. The number of nitrogens with zero attached hydrogens (tertiary/aromatic N) is 1. The van der Waals surface area contributed by atoms with Crippen molar-refractivity contribution < 1.29 is 4.74 Å². The molecule has 0 bridgehead atoms. The molecular weight excluding hydrogens is 234 g/mol. The molecule has 3 aromatic rings. The van der Waals surface area contributed by atoms with Crippen LogP contribution >= 0.6 is 0 Å². The third kappa shape index (κ3) is 2.43. The van der Waals surface area contributed by atoms with Gasteiger partial charge in [0.2, 0.25) is 0 Å². The lowest BCUT2D eigenvalue weighted by molar-refractivity contribution is 0.415. The van der Waals surface area contributed by atoms with E-state index in [0.29, 0.717) is 0 Å². The first-order valence-corrected chi connectivity index (χ1v) is 6.32. The Labute approximate surface area is 112 Å². The molecule has 0 saturated carbocycles. The van der Waals surface area contributed by atoms with Gasteiger partial charge < -0.3 is 4.74 Å². The maximum atomic E-state index is 5.24. The van der Waals surface area contributed by atoms with Gasteiger partial charge in [0.05, 0.1) is 12.6 Å². The van der Waals surface area contributed by atoms with E-state index >= 15 is 0 Å². The third-order valence-electron chi connectivity index (χ3n) is 3.28. The topological polar surface area (TPSA) is 22.1 Å². The van der Waals surface area contributed by atoms with E-state index in [9.17, 15) is 0 Å². The van der Waals surface area contributed by atoms with Gasteiger partial charge >= 0.3 is 0 Å². The van der Waals surface area contributed by atoms with Crippen LogP contribution in [-0.2, 0) is 6.42 Å². The molecule has 1 aromatic heterocycles. The minimum atomic E-state index is 0.844. The van der Waals surface area contributed by atoms with E-state index < -0.39 is 0 Å². The van der Waals surface area contributed by atoms with Crippen molar-refractivity contribution in [3.05, 3.63) is 71.9 Å². The minimum absolute atomic E-state index is 0.844. The molecule has 0 aliphatic heterocycles. The molecule has 0 radical (unpaired) electrons. The van der Waals surface area contributed by atoms with Gasteiger partial charge in [0, 0.05) is 17.6 Å². The van der Waals surface area contributed by atoms with Gasteiger partial charge in [-0.05, 0) is 35.7 Å². The van der Waals surface area contributed by atoms with Crippen LogP contribution < -0.4 is 4.74 Å². The summed E-state index contributed by atoms with van der Waals surface area (Å²) in [6, 6.07) is 18.6. The lowest BCUT2D eigenvalue weighted by Crippen LogP contribution is -1.92. The Morgan fingerprint density at radius 3 is 2.63 bits per heavy atom. The number of methoxy groups -OCH3 is 1. The van der Waals surface area contributed by atoms with Crippen molar-refractivity contribution in [1.29, 1.82) is 0 Å². The fourth-order valence-electron chi connectivity index (χ4n) is 2.28. The highest BCUT2D eigenvalue weighted by Gasteiger charge is 2.04. The average Bonchev–Trinajstić information content (AvgIpc) is 2.48. The summed E-state index contributed by atoms with van der Waals surface area (Å²) >= 11 is 0. The van der Waals surface area contributed by atoms with Crippen molar-refractivity contribution in [2.45, 2.75) is 6.42 Å². The van der Waals surface area contributed by atoms with Crippen molar-refractivity contribution in [2.75, 3.05) is 7.11 Å². The molecule has 0 N–H and O–H groups in total. The summed E-state index contributed by atoms with van der Waals surface area (Å²) in [5, 5.41) is 1.19. The number of pyridine rings is 1. The van der Waals surface area contributed by atoms with E-state index in [1.54, 1.807) is 7.11 Å². The molecule has 1 heterocycles. The maximum absolute atomic E-state index is 5.24. The van der Waals surface area contributed by atoms with Gasteiger partial charge in [-0.1, -0.05) is 30.3 Å². The first-order chi connectivity index (χ1) is 9.36. The fraction of sp³-hybridized carbons (Fsp3) is 0.118. The molecule has 0 aliphatic rings. The van der Waals surface area contributed by atoms with Crippen molar-refractivity contribution in [1.82, 2.24) is 4.98 Å². The van der Waals surface area contributed by atoms with Crippen LogP contribution in [0.25, 0.3) is 10.9 Å². The van der Waals surface area contributed by atoms with E-state index in [0.717, 1.165) is 17.7 Å². The maximum Gasteiger partial charge on any atom is 0.121 e. The largest absolute Gasteiger partial charge is 0.497 e. The standard InChI is InChI=1S/C17H15NO/c1-19-15-7-8-16-14(9-10-18-17(16)12-15)11-13-5-3-2-4-6-13/h2-10,12H,11H2,1H3. The molecule has 0 amide bonds. The summed E-state index contributed by atoms with van der Waals surface area (Å²) in [7, 11) is 1.68. The first-order valence-electron chi connectivity index (χ1n) is 6.32. The van der Waals surface area contributed by atoms with Crippen molar-refractivity contribution in [3.63, 3.8) is 0 Å². The highest BCUT2D eigenvalue weighted by atomic mass is 16.5. The molecule has 0 unspecified atom stereocenters. The Morgan fingerprint density at radius 1 is 1.00 bits per heavy atom. The molecule has 2 heteroatoms. The average molecular weight is 249 g/mol. The van der Waals surface area contributed by atoms with Crippen LogP contribution in [0.3, 0.4) is 0 Å². The van der Waals surface area contributed by atoms with Crippen molar-refractivity contribution in [2.24, 2.45) is 0 Å². The van der Waals surface area contributed by atoms with Crippen LogP contribution in [-0.4, -0.2) is 12.1 Å². The Morgan fingerprint density at radius 2 is 1.84 bits per heavy atom. The van der Waals surface area contributed by atoms with Crippen LogP contribution in [0.4, 0.5) is 0 Å². The number of fused-ring (bicyclic) bond motifs is 1. The molecule has 0 spiro atoms. The summed E-state index contributed by atoms with van der Waals surface area (Å²) in [4.78, 5) is 4.41. The highest BCUT2D eigenvalue weighted by Crippen LogP contribution is 2.23. The molecular formula is C17H15NO. The van der Waals surface area contributed by atoms with Crippen molar-refractivity contribution >= 4 is 10.9 Å². The Bertz CT molecular complexity index is 692. The summed E-state index contributed by atoms with van der Waals surface area (Å²) in [5.41, 5.74) is 3.58. The number of benzene rings is 2. The van der Waals surface area contributed by atoms with Crippen LogP contribution in [0, 0.1) is 0 Å². The van der Waals surface area contributed by atoms with E-state index in [4.69, 9.17) is 4.74 Å². The minimum Gasteiger partial charge on any atom is -0.497 e. The molecule has 0 atom stereocenters. The third-order valence-corrected chi connectivity index (χ3v) is 3.28. The van der Waals surface area contributed by atoms with Crippen LogP contribution in [0.5, 0.6) is 5.75 Å². The normalized spacial score (nSPS) is 10.6. The number of hydrogen-bond donors (Lipinski definition) is 0.